The average Bonchev–Trinajstić information content (AvgIpc) is 2.87. The molecule has 0 spiro atoms. The van der Waals surface area contributed by atoms with Gasteiger partial charge in [-0.15, -0.1) is 0 Å². The van der Waals surface area contributed by atoms with Gasteiger partial charge in [0.1, 0.15) is 5.82 Å². The van der Waals surface area contributed by atoms with Crippen molar-refractivity contribution in [3.63, 3.8) is 0 Å². The summed E-state index contributed by atoms with van der Waals surface area (Å²) in [6.45, 7) is 2.31. The highest BCUT2D eigenvalue weighted by molar-refractivity contribution is 5.92. The van der Waals surface area contributed by atoms with Gasteiger partial charge in [-0.25, -0.2) is 14.8 Å². The Hall–Kier alpha value is -3.16. The highest BCUT2D eigenvalue weighted by atomic mass is 16.2. The van der Waals surface area contributed by atoms with Gasteiger partial charge < -0.3 is 15.5 Å². The Labute approximate surface area is 145 Å². The molecule has 0 aliphatic rings. The summed E-state index contributed by atoms with van der Waals surface area (Å²) in [5.74, 6) is 0.874. The predicted octanol–water partition coefficient (Wildman–Crippen LogP) is 2.06. The van der Waals surface area contributed by atoms with Crippen LogP contribution in [0.15, 0.2) is 30.6 Å². The van der Waals surface area contributed by atoms with E-state index in [4.69, 9.17) is 0 Å². The second-order valence-electron chi connectivity index (χ2n) is 6.03. The molecule has 0 aliphatic carbocycles. The summed E-state index contributed by atoms with van der Waals surface area (Å²) in [6.07, 6.45) is 3.37. The zero-order valence-electron chi connectivity index (χ0n) is 14.7. The van der Waals surface area contributed by atoms with E-state index in [1.807, 2.05) is 51.2 Å². The van der Waals surface area contributed by atoms with Gasteiger partial charge in [-0.3, -0.25) is 4.68 Å². The van der Waals surface area contributed by atoms with Crippen molar-refractivity contribution in [2.24, 2.45) is 7.05 Å². The molecule has 0 aromatic carbocycles. The van der Waals surface area contributed by atoms with E-state index in [0.29, 0.717) is 12.2 Å². The number of hydrogen-bond donors (Lipinski definition) is 2. The topological polar surface area (TPSA) is 88.0 Å². The lowest BCUT2D eigenvalue weighted by molar-refractivity contribution is 0.251. The van der Waals surface area contributed by atoms with Crippen molar-refractivity contribution < 1.29 is 4.79 Å². The zero-order chi connectivity index (χ0) is 18.0. The molecule has 3 heterocycles. The second-order valence-corrected chi connectivity index (χ2v) is 6.03. The van der Waals surface area contributed by atoms with Gasteiger partial charge in [0.15, 0.2) is 5.65 Å². The molecule has 3 aromatic rings. The van der Waals surface area contributed by atoms with Crippen LogP contribution in [0.3, 0.4) is 0 Å². The largest absolute Gasteiger partial charge is 0.363 e. The smallest absolute Gasteiger partial charge is 0.319 e. The van der Waals surface area contributed by atoms with Crippen molar-refractivity contribution in [3.05, 3.63) is 41.9 Å². The van der Waals surface area contributed by atoms with Crippen LogP contribution in [0.5, 0.6) is 0 Å². The second kappa shape index (κ2) is 6.76. The third-order valence-electron chi connectivity index (χ3n) is 3.84. The SMILES string of the molecule is Cc1nn(C)c2ncc(NC(=O)NCc3ccc(N(C)C)nc3)cc12. The first-order valence-corrected chi connectivity index (χ1v) is 7.90. The number of pyridine rings is 2. The van der Waals surface area contributed by atoms with E-state index in [1.54, 1.807) is 17.1 Å². The number of carbonyl (C=O) groups excluding carboxylic acids is 1. The molecule has 130 valence electrons. The fraction of sp³-hybridized carbons (Fsp3) is 0.294. The van der Waals surface area contributed by atoms with Crippen LogP contribution in [0.2, 0.25) is 0 Å². The Morgan fingerprint density at radius 1 is 1.24 bits per heavy atom. The molecule has 0 bridgehead atoms. The van der Waals surface area contributed by atoms with Gasteiger partial charge in [0, 0.05) is 39.3 Å². The maximum Gasteiger partial charge on any atom is 0.319 e. The third-order valence-corrected chi connectivity index (χ3v) is 3.84. The minimum Gasteiger partial charge on any atom is -0.363 e. The van der Waals surface area contributed by atoms with E-state index < -0.39 is 0 Å². The summed E-state index contributed by atoms with van der Waals surface area (Å²) < 4.78 is 1.72. The monoisotopic (exact) mass is 339 g/mol. The molecule has 8 heteroatoms. The fourth-order valence-electron chi connectivity index (χ4n) is 2.52. The van der Waals surface area contributed by atoms with Crippen LogP contribution in [0, 0.1) is 6.92 Å². The summed E-state index contributed by atoms with van der Waals surface area (Å²) in [4.78, 5) is 22.7. The molecule has 3 aromatic heterocycles. The molecular weight excluding hydrogens is 318 g/mol. The molecule has 0 radical (unpaired) electrons. The first-order chi connectivity index (χ1) is 11.9. The van der Waals surface area contributed by atoms with Gasteiger partial charge in [0.05, 0.1) is 17.6 Å². The highest BCUT2D eigenvalue weighted by Crippen LogP contribution is 2.19. The number of fused-ring (bicyclic) bond motifs is 1. The molecule has 0 unspecified atom stereocenters. The Balaban J connectivity index is 1.61. The van der Waals surface area contributed by atoms with Gasteiger partial charge >= 0.3 is 6.03 Å². The van der Waals surface area contributed by atoms with E-state index in [9.17, 15) is 4.79 Å². The maximum absolute atomic E-state index is 12.1. The number of aryl methyl sites for hydroxylation is 2. The fourth-order valence-corrected chi connectivity index (χ4v) is 2.52. The first kappa shape index (κ1) is 16.7. The summed E-state index contributed by atoms with van der Waals surface area (Å²) in [6, 6.07) is 5.43. The Kier molecular flexibility index (Phi) is 4.51. The number of hydrogen-bond acceptors (Lipinski definition) is 5. The van der Waals surface area contributed by atoms with Crippen LogP contribution in [0.25, 0.3) is 11.0 Å². The number of carbonyl (C=O) groups is 1. The minimum absolute atomic E-state index is 0.292. The van der Waals surface area contributed by atoms with Crippen LogP contribution >= 0.6 is 0 Å². The number of amides is 2. The molecule has 3 rings (SSSR count). The summed E-state index contributed by atoms with van der Waals surface area (Å²) >= 11 is 0. The van der Waals surface area contributed by atoms with Crippen molar-refractivity contribution in [1.82, 2.24) is 25.1 Å². The van der Waals surface area contributed by atoms with Crippen molar-refractivity contribution in [2.75, 3.05) is 24.3 Å². The Morgan fingerprint density at radius 3 is 2.72 bits per heavy atom. The normalized spacial score (nSPS) is 10.7. The Morgan fingerprint density at radius 2 is 2.04 bits per heavy atom. The maximum atomic E-state index is 12.1. The predicted molar refractivity (Wildman–Crippen MR) is 97.7 cm³/mol. The van der Waals surface area contributed by atoms with E-state index in [1.165, 1.54) is 0 Å². The lowest BCUT2D eigenvalue weighted by atomic mass is 10.2. The summed E-state index contributed by atoms with van der Waals surface area (Å²) in [7, 11) is 5.71. The van der Waals surface area contributed by atoms with Gasteiger partial charge in [-0.1, -0.05) is 6.07 Å². The van der Waals surface area contributed by atoms with Crippen molar-refractivity contribution >= 4 is 28.6 Å². The van der Waals surface area contributed by atoms with E-state index in [-0.39, 0.29) is 6.03 Å². The van der Waals surface area contributed by atoms with E-state index in [0.717, 1.165) is 28.1 Å². The highest BCUT2D eigenvalue weighted by Gasteiger charge is 2.09. The Bertz CT molecular complexity index is 899. The number of urea groups is 1. The molecule has 0 fully saturated rings. The van der Waals surface area contributed by atoms with Crippen LogP contribution in [-0.2, 0) is 13.6 Å². The standard InChI is InChI=1S/C17H21N7O/c1-11-14-7-13(10-19-16(14)24(4)22-11)21-17(25)20-9-12-5-6-15(18-8-12)23(2)3/h5-8,10H,9H2,1-4H3,(H2,20,21,25). The van der Waals surface area contributed by atoms with Crippen LogP contribution in [0.1, 0.15) is 11.3 Å². The summed E-state index contributed by atoms with van der Waals surface area (Å²) in [5.41, 5.74) is 3.22. The van der Waals surface area contributed by atoms with Gasteiger partial charge in [0.25, 0.3) is 0 Å². The number of aromatic nitrogens is 4. The average molecular weight is 339 g/mol. The molecule has 2 N–H and O–H groups in total. The molecule has 0 aliphatic heterocycles. The van der Waals surface area contributed by atoms with Crippen molar-refractivity contribution in [3.8, 4) is 0 Å². The molecule has 0 atom stereocenters. The van der Waals surface area contributed by atoms with Gasteiger partial charge in [0.2, 0.25) is 0 Å². The lowest BCUT2D eigenvalue weighted by Gasteiger charge is -2.12. The minimum atomic E-state index is -0.292. The lowest BCUT2D eigenvalue weighted by Crippen LogP contribution is -2.28. The number of nitrogens with one attached hydrogen (secondary N) is 2. The van der Waals surface area contributed by atoms with Crippen LogP contribution in [-0.4, -0.2) is 39.9 Å². The van der Waals surface area contributed by atoms with Crippen LogP contribution < -0.4 is 15.5 Å². The van der Waals surface area contributed by atoms with E-state index >= 15 is 0 Å². The van der Waals surface area contributed by atoms with Gasteiger partial charge in [-0.05, 0) is 24.6 Å². The molecule has 0 saturated carbocycles. The van der Waals surface area contributed by atoms with Crippen LogP contribution in [0.4, 0.5) is 16.3 Å². The van der Waals surface area contributed by atoms with Crippen molar-refractivity contribution in [2.45, 2.75) is 13.5 Å². The van der Waals surface area contributed by atoms with Crippen molar-refractivity contribution in [1.29, 1.82) is 0 Å². The molecule has 8 nitrogen and oxygen atoms in total. The number of anilines is 2. The number of nitrogens with zero attached hydrogens (tertiary/aromatic N) is 5. The van der Waals surface area contributed by atoms with Gasteiger partial charge in [-0.2, -0.15) is 5.10 Å². The molecule has 25 heavy (non-hydrogen) atoms. The third kappa shape index (κ3) is 3.68. The molecule has 0 saturated heterocycles. The van der Waals surface area contributed by atoms with E-state index in [2.05, 4.69) is 25.7 Å². The summed E-state index contributed by atoms with van der Waals surface area (Å²) in [5, 5.41) is 10.8. The number of rotatable bonds is 4. The quantitative estimate of drug-likeness (QED) is 0.760. The molecular formula is C17H21N7O. The molecule has 2 amide bonds. The zero-order valence-corrected chi connectivity index (χ0v) is 14.7. The first-order valence-electron chi connectivity index (χ1n) is 7.90.